The lowest BCUT2D eigenvalue weighted by atomic mass is 10.0. The lowest BCUT2D eigenvalue weighted by Gasteiger charge is -2.34. The summed E-state index contributed by atoms with van der Waals surface area (Å²) in [5.41, 5.74) is 2.83. The molecule has 0 heterocycles. The Kier molecular flexibility index (Phi) is 12.0. The van der Waals surface area contributed by atoms with Crippen LogP contribution in [0.1, 0.15) is 37.0 Å². The largest absolute Gasteiger partial charge is 0.497 e. The summed E-state index contributed by atoms with van der Waals surface area (Å²) >= 11 is 3.41. The number of hydrogen-bond donors (Lipinski definition) is 1. The summed E-state index contributed by atoms with van der Waals surface area (Å²) in [5, 5.41) is 3.05. The van der Waals surface area contributed by atoms with Crippen LogP contribution >= 0.6 is 15.9 Å². The van der Waals surface area contributed by atoms with Gasteiger partial charge in [-0.3, -0.25) is 13.9 Å². The van der Waals surface area contributed by atoms with Gasteiger partial charge in [-0.25, -0.2) is 8.42 Å². The molecule has 0 aliphatic carbocycles. The first kappa shape index (κ1) is 34.7. The predicted molar refractivity (Wildman–Crippen MR) is 185 cm³/mol. The van der Waals surface area contributed by atoms with E-state index >= 15 is 0 Å². The molecule has 0 fully saturated rings. The second-order valence-corrected chi connectivity index (χ2v) is 14.0. The molecule has 0 bridgehead atoms. The van der Waals surface area contributed by atoms with Gasteiger partial charge in [0.2, 0.25) is 11.8 Å². The normalized spacial score (nSPS) is 12.5. The van der Waals surface area contributed by atoms with E-state index < -0.39 is 28.5 Å². The number of carbonyl (C=O) groups is 2. The highest BCUT2D eigenvalue weighted by atomic mass is 79.9. The van der Waals surface area contributed by atoms with Crippen molar-refractivity contribution < 1.29 is 22.7 Å². The maximum Gasteiger partial charge on any atom is 0.264 e. The molecule has 4 rings (SSSR count). The molecule has 2 amide bonds. The van der Waals surface area contributed by atoms with E-state index in [-0.39, 0.29) is 29.8 Å². The van der Waals surface area contributed by atoms with Crippen molar-refractivity contribution in [2.75, 3.05) is 18.0 Å². The zero-order valence-electron chi connectivity index (χ0n) is 26.5. The Morgan fingerprint density at radius 3 is 2.17 bits per heavy atom. The molecule has 0 saturated heterocycles. The number of ether oxygens (including phenoxy) is 1. The van der Waals surface area contributed by atoms with Gasteiger partial charge in [0.05, 0.1) is 17.7 Å². The molecule has 0 unspecified atom stereocenters. The van der Waals surface area contributed by atoms with Crippen LogP contribution in [0.15, 0.2) is 112 Å². The fraction of sp³-hybridized carbons (Fsp3) is 0.278. The van der Waals surface area contributed by atoms with E-state index in [4.69, 9.17) is 4.74 Å². The monoisotopic (exact) mass is 705 g/mol. The zero-order chi connectivity index (χ0) is 33.3. The number of amides is 2. The average Bonchev–Trinajstić information content (AvgIpc) is 3.06. The van der Waals surface area contributed by atoms with Gasteiger partial charge in [0.1, 0.15) is 18.3 Å². The van der Waals surface area contributed by atoms with Crippen molar-refractivity contribution in [2.45, 2.75) is 57.1 Å². The van der Waals surface area contributed by atoms with Crippen molar-refractivity contribution >= 4 is 43.5 Å². The molecule has 0 spiro atoms. The Morgan fingerprint density at radius 2 is 1.54 bits per heavy atom. The van der Waals surface area contributed by atoms with Crippen molar-refractivity contribution in [3.63, 3.8) is 0 Å². The Morgan fingerprint density at radius 1 is 0.891 bits per heavy atom. The number of sulfonamides is 1. The van der Waals surface area contributed by atoms with Gasteiger partial charge >= 0.3 is 0 Å². The van der Waals surface area contributed by atoms with Crippen LogP contribution in [-0.2, 0) is 32.6 Å². The Hall–Kier alpha value is -4.15. The van der Waals surface area contributed by atoms with Crippen LogP contribution in [-0.4, -0.2) is 50.9 Å². The van der Waals surface area contributed by atoms with Gasteiger partial charge in [0.25, 0.3) is 10.0 Å². The van der Waals surface area contributed by atoms with E-state index in [0.29, 0.717) is 17.9 Å². The minimum absolute atomic E-state index is 0.0558. The smallest absolute Gasteiger partial charge is 0.264 e. The van der Waals surface area contributed by atoms with Crippen LogP contribution in [0.25, 0.3) is 0 Å². The van der Waals surface area contributed by atoms with Crippen molar-refractivity contribution in [1.82, 2.24) is 10.2 Å². The van der Waals surface area contributed by atoms with Gasteiger partial charge in [-0.05, 0) is 79.9 Å². The molecule has 4 aromatic rings. The Labute approximate surface area is 280 Å². The van der Waals surface area contributed by atoms with E-state index in [0.717, 1.165) is 25.5 Å². The van der Waals surface area contributed by atoms with Crippen LogP contribution in [0.2, 0.25) is 0 Å². The number of halogens is 1. The third kappa shape index (κ3) is 8.98. The molecule has 46 heavy (non-hydrogen) atoms. The van der Waals surface area contributed by atoms with Gasteiger partial charge in [-0.15, -0.1) is 0 Å². The molecule has 2 atom stereocenters. The average molecular weight is 707 g/mol. The van der Waals surface area contributed by atoms with Crippen LogP contribution in [0, 0.1) is 6.92 Å². The van der Waals surface area contributed by atoms with E-state index in [2.05, 4.69) is 21.2 Å². The van der Waals surface area contributed by atoms with E-state index in [9.17, 15) is 18.0 Å². The number of nitrogens with one attached hydrogen (secondary N) is 1. The van der Waals surface area contributed by atoms with Gasteiger partial charge in [-0.2, -0.15) is 0 Å². The molecular formula is C36H40BrN3O5S. The molecule has 0 saturated carbocycles. The fourth-order valence-electron chi connectivity index (χ4n) is 4.94. The first-order chi connectivity index (χ1) is 22.0. The predicted octanol–water partition coefficient (Wildman–Crippen LogP) is 6.52. The molecule has 1 N–H and O–H groups in total. The first-order valence-electron chi connectivity index (χ1n) is 15.1. The van der Waals surface area contributed by atoms with Crippen LogP contribution in [0.5, 0.6) is 5.75 Å². The van der Waals surface area contributed by atoms with E-state index in [1.54, 1.807) is 49.6 Å². The lowest BCUT2D eigenvalue weighted by molar-refractivity contribution is -0.140. The highest BCUT2D eigenvalue weighted by Gasteiger charge is 2.35. The van der Waals surface area contributed by atoms with Crippen LogP contribution < -0.4 is 14.4 Å². The number of methoxy groups -OCH3 is 1. The van der Waals surface area contributed by atoms with Crippen molar-refractivity contribution in [3.8, 4) is 5.75 Å². The SMILES string of the molecule is CC[C@H](C)NC(=O)[C@@H](Cc1ccccc1)N(Cc1cccc(OC)c1)C(=O)CN(c1ccc(Br)cc1)S(=O)(=O)c1ccc(C)cc1. The summed E-state index contributed by atoms with van der Waals surface area (Å²) in [7, 11) is -2.61. The Balaban J connectivity index is 1.81. The molecule has 242 valence electrons. The molecule has 0 radical (unpaired) electrons. The Bertz CT molecular complexity index is 1720. The number of nitrogens with zero attached hydrogens (tertiary/aromatic N) is 2. The second-order valence-electron chi connectivity index (χ2n) is 11.2. The topological polar surface area (TPSA) is 96.0 Å². The quantitative estimate of drug-likeness (QED) is 0.161. The van der Waals surface area contributed by atoms with Crippen molar-refractivity contribution in [1.29, 1.82) is 0 Å². The van der Waals surface area contributed by atoms with Crippen molar-refractivity contribution in [2.24, 2.45) is 0 Å². The molecular weight excluding hydrogens is 666 g/mol. The number of carbonyl (C=O) groups excluding carboxylic acids is 2. The molecule has 0 aromatic heterocycles. The fourth-order valence-corrected chi connectivity index (χ4v) is 6.61. The minimum Gasteiger partial charge on any atom is -0.497 e. The molecule has 8 nitrogen and oxygen atoms in total. The van der Waals surface area contributed by atoms with Crippen LogP contribution in [0.3, 0.4) is 0 Å². The molecule has 10 heteroatoms. The van der Waals surface area contributed by atoms with Gasteiger partial charge in [0.15, 0.2) is 0 Å². The first-order valence-corrected chi connectivity index (χ1v) is 17.4. The standard InChI is InChI=1S/C36H40BrN3O5S/c1-5-27(3)38-36(42)34(23-28-10-7-6-8-11-28)39(24-29-12-9-13-32(22-29)45-4)35(41)25-40(31-18-16-30(37)17-19-31)46(43,44)33-20-14-26(2)15-21-33/h6-22,27,34H,5,23-25H2,1-4H3,(H,38,42)/t27-,34+/m0/s1. The maximum absolute atomic E-state index is 14.6. The highest BCUT2D eigenvalue weighted by Crippen LogP contribution is 2.27. The third-order valence-electron chi connectivity index (χ3n) is 7.76. The number of hydrogen-bond acceptors (Lipinski definition) is 5. The van der Waals surface area contributed by atoms with Crippen molar-refractivity contribution in [3.05, 3.63) is 124 Å². The summed E-state index contributed by atoms with van der Waals surface area (Å²) < 4.78 is 35.6. The maximum atomic E-state index is 14.6. The molecule has 0 aliphatic rings. The number of anilines is 1. The van der Waals surface area contributed by atoms with Gasteiger partial charge < -0.3 is 15.0 Å². The molecule has 0 aliphatic heterocycles. The van der Waals surface area contributed by atoms with E-state index in [1.165, 1.54) is 17.0 Å². The summed E-state index contributed by atoms with van der Waals surface area (Å²) in [4.78, 5) is 30.1. The summed E-state index contributed by atoms with van der Waals surface area (Å²) in [6.45, 7) is 5.29. The number of aryl methyl sites for hydroxylation is 1. The zero-order valence-corrected chi connectivity index (χ0v) is 28.9. The highest BCUT2D eigenvalue weighted by molar-refractivity contribution is 9.10. The van der Waals surface area contributed by atoms with E-state index in [1.807, 2.05) is 69.3 Å². The number of benzene rings is 4. The summed E-state index contributed by atoms with van der Waals surface area (Å²) in [6.07, 6.45) is 0.946. The van der Waals surface area contributed by atoms with Gasteiger partial charge in [0, 0.05) is 23.5 Å². The summed E-state index contributed by atoms with van der Waals surface area (Å²) in [6, 6.07) is 29.0. The summed E-state index contributed by atoms with van der Waals surface area (Å²) in [5.74, 6) is -0.236. The second kappa shape index (κ2) is 15.9. The minimum atomic E-state index is -4.17. The molecule has 4 aromatic carbocycles. The van der Waals surface area contributed by atoms with Crippen LogP contribution in [0.4, 0.5) is 5.69 Å². The third-order valence-corrected chi connectivity index (χ3v) is 10.1. The number of rotatable bonds is 14. The van der Waals surface area contributed by atoms with Gasteiger partial charge in [-0.1, -0.05) is 83.0 Å². The lowest BCUT2D eigenvalue weighted by Crippen LogP contribution is -2.54.